The van der Waals surface area contributed by atoms with Crippen LogP contribution in [0, 0.1) is 5.82 Å². The minimum Gasteiger partial charge on any atom is -0.296 e. The third-order valence-corrected chi connectivity index (χ3v) is 6.85. The van der Waals surface area contributed by atoms with E-state index in [0.29, 0.717) is 0 Å². The van der Waals surface area contributed by atoms with E-state index in [1.54, 1.807) is 0 Å². The average molecular weight is 469 g/mol. The molecule has 0 atom stereocenters. The molecule has 0 unspecified atom stereocenters. The number of amides is 1. The highest BCUT2D eigenvalue weighted by Crippen LogP contribution is 2.29. The Labute approximate surface area is 182 Å². The van der Waals surface area contributed by atoms with Crippen LogP contribution in [0.4, 0.5) is 15.2 Å². The number of carbonyl (C=O) groups is 1. The first-order valence-electron chi connectivity index (χ1n) is 8.69. The Morgan fingerprint density at radius 2 is 1.77 bits per heavy atom. The summed E-state index contributed by atoms with van der Waals surface area (Å²) < 4.78 is 40.6. The summed E-state index contributed by atoms with van der Waals surface area (Å²) in [7, 11) is -4.02. The molecule has 0 fully saturated rings. The maximum atomic E-state index is 13.0. The Morgan fingerprint density at radius 1 is 1.10 bits per heavy atom. The third kappa shape index (κ3) is 5.13. The van der Waals surface area contributed by atoms with Crippen molar-refractivity contribution in [3.05, 3.63) is 63.9 Å². The van der Waals surface area contributed by atoms with Gasteiger partial charge in [-0.25, -0.2) is 12.8 Å². The molecule has 0 saturated carbocycles. The number of aromatic nitrogens is 2. The summed E-state index contributed by atoms with van der Waals surface area (Å²) in [6, 6.07) is 8.59. The van der Waals surface area contributed by atoms with E-state index in [4.69, 9.17) is 11.6 Å². The Kier molecular flexibility index (Phi) is 6.11. The molecule has 11 heteroatoms. The highest BCUT2D eigenvalue weighted by molar-refractivity contribution is 7.92. The molecule has 3 aromatic rings. The number of benzene rings is 2. The van der Waals surface area contributed by atoms with E-state index in [-0.39, 0.29) is 31.7 Å². The van der Waals surface area contributed by atoms with Gasteiger partial charge in [0.1, 0.15) is 10.8 Å². The molecule has 3 rings (SSSR count). The maximum absolute atomic E-state index is 13.0. The Hall–Kier alpha value is -2.56. The number of sulfonamides is 1. The molecule has 30 heavy (non-hydrogen) atoms. The van der Waals surface area contributed by atoms with Crippen LogP contribution in [-0.2, 0) is 15.4 Å². The van der Waals surface area contributed by atoms with Crippen molar-refractivity contribution in [2.75, 3.05) is 10.0 Å². The molecule has 7 nitrogen and oxygen atoms in total. The number of anilines is 2. The number of hydrogen-bond acceptors (Lipinski definition) is 6. The molecular weight excluding hydrogens is 451 g/mol. The summed E-state index contributed by atoms with van der Waals surface area (Å²) in [4.78, 5) is 12.5. The number of nitrogens with one attached hydrogen (secondary N) is 2. The monoisotopic (exact) mass is 468 g/mol. The van der Waals surface area contributed by atoms with Crippen molar-refractivity contribution in [1.29, 1.82) is 0 Å². The minimum atomic E-state index is -4.02. The average Bonchev–Trinajstić information content (AvgIpc) is 3.12. The SMILES string of the molecule is CC(C)(C)c1nnc(NC(=O)c2cc(S(=O)(=O)Nc3ccc(F)cc3)ccc2Cl)s1. The first kappa shape index (κ1) is 22.1. The van der Waals surface area contributed by atoms with Crippen LogP contribution < -0.4 is 10.0 Å². The van der Waals surface area contributed by atoms with E-state index >= 15 is 0 Å². The van der Waals surface area contributed by atoms with Crippen molar-refractivity contribution in [2.24, 2.45) is 0 Å². The van der Waals surface area contributed by atoms with Crippen LogP contribution in [0.25, 0.3) is 0 Å². The molecule has 1 heterocycles. The molecule has 0 spiro atoms. The van der Waals surface area contributed by atoms with Gasteiger partial charge in [-0.1, -0.05) is 43.7 Å². The van der Waals surface area contributed by atoms with E-state index in [1.165, 1.54) is 35.6 Å². The van der Waals surface area contributed by atoms with E-state index in [2.05, 4.69) is 20.2 Å². The van der Waals surface area contributed by atoms with Crippen LogP contribution >= 0.6 is 22.9 Å². The molecule has 1 amide bonds. The zero-order chi connectivity index (χ0) is 22.1. The van der Waals surface area contributed by atoms with Gasteiger partial charge in [0, 0.05) is 11.1 Å². The predicted octanol–water partition coefficient (Wildman–Crippen LogP) is 4.68. The van der Waals surface area contributed by atoms with Gasteiger partial charge in [-0.3, -0.25) is 14.8 Å². The molecule has 1 aromatic heterocycles. The summed E-state index contributed by atoms with van der Waals surface area (Å²) in [6.45, 7) is 5.91. The van der Waals surface area contributed by atoms with Crippen LogP contribution in [0.15, 0.2) is 47.4 Å². The van der Waals surface area contributed by atoms with Gasteiger partial charge in [0.05, 0.1) is 15.5 Å². The molecule has 2 N–H and O–H groups in total. The van der Waals surface area contributed by atoms with Gasteiger partial charge in [-0.15, -0.1) is 10.2 Å². The summed E-state index contributed by atoms with van der Waals surface area (Å²) in [5.41, 5.74) is -0.0785. The molecule has 0 aliphatic heterocycles. The van der Waals surface area contributed by atoms with E-state index in [0.717, 1.165) is 23.2 Å². The maximum Gasteiger partial charge on any atom is 0.261 e. The van der Waals surface area contributed by atoms with E-state index < -0.39 is 21.7 Å². The standard InChI is InChI=1S/C19H18ClFN4O3S2/c1-19(2,3)17-23-24-18(29-17)22-16(26)14-10-13(8-9-15(14)20)30(27,28)25-12-6-4-11(21)5-7-12/h4-10,25H,1-3H3,(H,22,24,26). The zero-order valence-electron chi connectivity index (χ0n) is 16.2. The lowest BCUT2D eigenvalue weighted by molar-refractivity contribution is 0.102. The van der Waals surface area contributed by atoms with Crippen LogP contribution in [0.5, 0.6) is 0 Å². The van der Waals surface area contributed by atoms with Gasteiger partial charge in [-0.2, -0.15) is 0 Å². The Morgan fingerprint density at radius 3 is 2.37 bits per heavy atom. The molecule has 158 valence electrons. The Bertz CT molecular complexity index is 1190. The molecule has 2 aromatic carbocycles. The van der Waals surface area contributed by atoms with Crippen molar-refractivity contribution in [2.45, 2.75) is 31.1 Å². The number of nitrogens with zero attached hydrogens (tertiary/aromatic N) is 2. The molecular formula is C19H18ClFN4O3S2. The fraction of sp³-hybridized carbons (Fsp3) is 0.211. The second-order valence-corrected chi connectivity index (χ2v) is 10.4. The fourth-order valence-corrected chi connectivity index (χ4v) is 4.40. The van der Waals surface area contributed by atoms with Gasteiger partial charge < -0.3 is 0 Å². The second-order valence-electron chi connectivity index (χ2n) is 7.37. The first-order chi connectivity index (χ1) is 14.0. The lowest BCUT2D eigenvalue weighted by atomic mass is 9.98. The quantitative estimate of drug-likeness (QED) is 0.566. The normalized spacial score (nSPS) is 11.9. The molecule has 0 saturated heterocycles. The lowest BCUT2D eigenvalue weighted by Gasteiger charge is -2.12. The summed E-state index contributed by atoms with van der Waals surface area (Å²) in [6.07, 6.45) is 0. The third-order valence-electron chi connectivity index (χ3n) is 3.88. The van der Waals surface area contributed by atoms with E-state index in [1.807, 2.05) is 20.8 Å². The number of hydrogen-bond donors (Lipinski definition) is 2. The van der Waals surface area contributed by atoms with Crippen molar-refractivity contribution in [1.82, 2.24) is 10.2 Å². The Balaban J connectivity index is 1.84. The lowest BCUT2D eigenvalue weighted by Crippen LogP contribution is -2.16. The number of carbonyl (C=O) groups excluding carboxylic acids is 1. The van der Waals surface area contributed by atoms with Gasteiger partial charge in [0.2, 0.25) is 5.13 Å². The van der Waals surface area contributed by atoms with Crippen molar-refractivity contribution in [3.8, 4) is 0 Å². The van der Waals surface area contributed by atoms with Crippen LogP contribution in [0.1, 0.15) is 36.1 Å². The largest absolute Gasteiger partial charge is 0.296 e. The van der Waals surface area contributed by atoms with Gasteiger partial charge in [0.15, 0.2) is 0 Å². The summed E-state index contributed by atoms with van der Waals surface area (Å²) in [5.74, 6) is -1.11. The molecule has 0 aliphatic carbocycles. The summed E-state index contributed by atoms with van der Waals surface area (Å²) >= 11 is 7.34. The second kappa shape index (κ2) is 8.29. The first-order valence-corrected chi connectivity index (χ1v) is 11.4. The van der Waals surface area contributed by atoms with Crippen LogP contribution in [-0.4, -0.2) is 24.5 Å². The smallest absolute Gasteiger partial charge is 0.261 e. The van der Waals surface area contributed by atoms with Gasteiger partial charge in [-0.05, 0) is 42.5 Å². The van der Waals surface area contributed by atoms with Gasteiger partial charge in [0.25, 0.3) is 15.9 Å². The van der Waals surface area contributed by atoms with Crippen LogP contribution in [0.2, 0.25) is 5.02 Å². The number of rotatable bonds is 5. The highest BCUT2D eigenvalue weighted by Gasteiger charge is 2.22. The topological polar surface area (TPSA) is 101 Å². The molecule has 0 aliphatic rings. The molecule has 0 radical (unpaired) electrons. The van der Waals surface area contributed by atoms with Crippen LogP contribution in [0.3, 0.4) is 0 Å². The van der Waals surface area contributed by atoms with E-state index in [9.17, 15) is 17.6 Å². The van der Waals surface area contributed by atoms with Crippen molar-refractivity contribution < 1.29 is 17.6 Å². The molecule has 0 bridgehead atoms. The van der Waals surface area contributed by atoms with Gasteiger partial charge >= 0.3 is 0 Å². The summed E-state index contributed by atoms with van der Waals surface area (Å²) in [5, 5.41) is 11.7. The van der Waals surface area contributed by atoms with Crippen molar-refractivity contribution >= 4 is 49.7 Å². The minimum absolute atomic E-state index is 0.0360. The highest BCUT2D eigenvalue weighted by atomic mass is 35.5. The predicted molar refractivity (Wildman–Crippen MR) is 115 cm³/mol. The van der Waals surface area contributed by atoms with Crippen molar-refractivity contribution in [3.63, 3.8) is 0 Å². The number of halogens is 2. The zero-order valence-corrected chi connectivity index (χ0v) is 18.6. The fourth-order valence-electron chi connectivity index (χ4n) is 2.32.